The Bertz CT molecular complexity index is 947. The van der Waals surface area contributed by atoms with Gasteiger partial charge in [0.1, 0.15) is 6.04 Å². The fraction of sp³-hybridized carbons (Fsp3) is 0.412. The second-order valence-electron chi connectivity index (χ2n) is 6.24. The van der Waals surface area contributed by atoms with E-state index < -0.39 is 33.6 Å². The van der Waals surface area contributed by atoms with E-state index in [1.165, 1.54) is 10.4 Å². The van der Waals surface area contributed by atoms with Crippen molar-refractivity contribution in [2.45, 2.75) is 32.2 Å². The topological polar surface area (TPSA) is 79.4 Å². The highest BCUT2D eigenvalue weighted by molar-refractivity contribution is 7.89. The number of nitrogens with zero attached hydrogens (tertiary/aromatic N) is 2. The highest BCUT2D eigenvalue weighted by Gasteiger charge is 2.38. The summed E-state index contributed by atoms with van der Waals surface area (Å²) in [6, 6.07) is 2.69. The molecule has 0 saturated carbocycles. The van der Waals surface area contributed by atoms with Crippen LogP contribution in [0.4, 0.5) is 13.9 Å². The molecule has 3 rings (SSSR count). The molecule has 1 saturated heterocycles. The molecule has 2 aromatic rings. The van der Waals surface area contributed by atoms with E-state index in [0.717, 1.165) is 23.5 Å². The van der Waals surface area contributed by atoms with Crippen molar-refractivity contribution in [3.8, 4) is 11.3 Å². The smallest absolute Gasteiger partial charge is 0.244 e. The van der Waals surface area contributed by atoms with E-state index in [0.29, 0.717) is 37.1 Å². The second kappa shape index (κ2) is 7.99. The Morgan fingerprint density at radius 2 is 2.15 bits per heavy atom. The number of hydrogen-bond donors (Lipinski definition) is 1. The van der Waals surface area contributed by atoms with Crippen molar-refractivity contribution in [3.63, 3.8) is 0 Å². The first-order valence-corrected chi connectivity index (χ1v) is 11.0. The summed E-state index contributed by atoms with van der Waals surface area (Å²) in [7, 11) is -3.46. The summed E-state index contributed by atoms with van der Waals surface area (Å²) in [5, 5.41) is 4.53. The van der Waals surface area contributed by atoms with Crippen LogP contribution in [0, 0.1) is 11.6 Å². The summed E-state index contributed by atoms with van der Waals surface area (Å²) in [4.78, 5) is 16.8. The van der Waals surface area contributed by atoms with E-state index in [1.54, 1.807) is 12.3 Å². The van der Waals surface area contributed by atoms with Gasteiger partial charge in [-0.2, -0.15) is 4.31 Å². The highest BCUT2D eigenvalue weighted by atomic mass is 32.2. The zero-order chi connectivity index (χ0) is 19.6. The molecule has 1 aliphatic heterocycles. The number of sulfonamides is 1. The van der Waals surface area contributed by atoms with Gasteiger partial charge in [0.25, 0.3) is 0 Å². The lowest BCUT2D eigenvalue weighted by Gasteiger charge is -2.22. The maximum Gasteiger partial charge on any atom is 0.244 e. The van der Waals surface area contributed by atoms with Gasteiger partial charge < -0.3 is 5.32 Å². The Balaban J connectivity index is 1.73. The van der Waals surface area contributed by atoms with Gasteiger partial charge in [0.05, 0.1) is 11.4 Å². The molecule has 1 N–H and O–H groups in total. The summed E-state index contributed by atoms with van der Waals surface area (Å²) >= 11 is 1.13. The van der Waals surface area contributed by atoms with Crippen molar-refractivity contribution in [2.24, 2.45) is 0 Å². The first-order chi connectivity index (χ1) is 12.8. The van der Waals surface area contributed by atoms with E-state index in [4.69, 9.17) is 0 Å². The van der Waals surface area contributed by atoms with Gasteiger partial charge in [0, 0.05) is 17.5 Å². The van der Waals surface area contributed by atoms with Crippen molar-refractivity contribution in [1.82, 2.24) is 9.29 Å². The third-order valence-corrected chi connectivity index (χ3v) is 7.11. The number of amides is 1. The molecule has 1 aromatic carbocycles. The summed E-state index contributed by atoms with van der Waals surface area (Å²) in [5.74, 6) is -2.35. The van der Waals surface area contributed by atoms with Crippen molar-refractivity contribution in [1.29, 1.82) is 0 Å². The average Bonchev–Trinajstić information content (AvgIpc) is 3.27. The predicted octanol–water partition coefficient (Wildman–Crippen LogP) is 3.23. The number of carbonyl (C=O) groups is 1. The largest absolute Gasteiger partial charge is 0.301 e. The molecular formula is C17H19F2N3O3S2. The van der Waals surface area contributed by atoms with Crippen LogP contribution in [0.5, 0.6) is 0 Å². The van der Waals surface area contributed by atoms with Gasteiger partial charge in [0.15, 0.2) is 16.8 Å². The molecule has 1 atom stereocenters. The van der Waals surface area contributed by atoms with Crippen molar-refractivity contribution < 1.29 is 22.0 Å². The number of rotatable bonds is 6. The Hall–Kier alpha value is -1.91. The Morgan fingerprint density at radius 3 is 2.85 bits per heavy atom. The van der Waals surface area contributed by atoms with Crippen LogP contribution in [-0.2, 0) is 14.8 Å². The molecule has 0 radical (unpaired) electrons. The predicted molar refractivity (Wildman–Crippen MR) is 99.9 cm³/mol. The lowest BCUT2D eigenvalue weighted by molar-refractivity contribution is -0.119. The maximum atomic E-state index is 13.4. The van der Waals surface area contributed by atoms with E-state index in [1.807, 2.05) is 0 Å². The minimum Gasteiger partial charge on any atom is -0.301 e. The number of carbonyl (C=O) groups excluding carboxylic acids is 1. The lowest BCUT2D eigenvalue weighted by atomic mass is 10.2. The summed E-state index contributed by atoms with van der Waals surface area (Å²) in [6.45, 7) is 2.11. The van der Waals surface area contributed by atoms with Crippen molar-refractivity contribution in [2.75, 3.05) is 17.6 Å². The van der Waals surface area contributed by atoms with Crippen molar-refractivity contribution >= 4 is 32.4 Å². The molecule has 10 heteroatoms. The zero-order valence-corrected chi connectivity index (χ0v) is 16.2. The number of halogens is 2. The molecule has 0 bridgehead atoms. The maximum absolute atomic E-state index is 13.4. The van der Waals surface area contributed by atoms with Crippen LogP contribution >= 0.6 is 11.3 Å². The highest BCUT2D eigenvalue weighted by Crippen LogP contribution is 2.28. The summed E-state index contributed by atoms with van der Waals surface area (Å²) in [5.41, 5.74) is 0.787. The van der Waals surface area contributed by atoms with Gasteiger partial charge in [-0.1, -0.05) is 6.92 Å². The van der Waals surface area contributed by atoms with Gasteiger partial charge in [-0.05, 0) is 37.5 Å². The molecule has 0 aliphatic carbocycles. The molecule has 0 spiro atoms. The van der Waals surface area contributed by atoms with Crippen LogP contribution in [0.3, 0.4) is 0 Å². The van der Waals surface area contributed by atoms with Crippen LogP contribution < -0.4 is 5.32 Å². The number of thiazole rings is 1. The van der Waals surface area contributed by atoms with Gasteiger partial charge in [-0.3, -0.25) is 4.79 Å². The third-order valence-electron chi connectivity index (χ3n) is 4.28. The fourth-order valence-corrected chi connectivity index (χ4v) is 5.49. The molecule has 1 fully saturated rings. The first-order valence-electron chi connectivity index (χ1n) is 8.53. The first kappa shape index (κ1) is 19.8. The monoisotopic (exact) mass is 415 g/mol. The fourth-order valence-electron chi connectivity index (χ4n) is 3.02. The number of hydrogen-bond acceptors (Lipinski definition) is 5. The van der Waals surface area contributed by atoms with Crippen LogP contribution in [0.15, 0.2) is 23.6 Å². The molecule has 1 aromatic heterocycles. The molecule has 27 heavy (non-hydrogen) atoms. The van der Waals surface area contributed by atoms with Crippen molar-refractivity contribution in [3.05, 3.63) is 35.2 Å². The molecule has 1 amide bonds. The Labute approximate surface area is 160 Å². The van der Waals surface area contributed by atoms with E-state index in [-0.39, 0.29) is 10.9 Å². The van der Waals surface area contributed by atoms with Gasteiger partial charge in [-0.25, -0.2) is 22.2 Å². The molecular weight excluding hydrogens is 396 g/mol. The van der Waals surface area contributed by atoms with Gasteiger partial charge in [0.2, 0.25) is 15.9 Å². The Morgan fingerprint density at radius 1 is 1.37 bits per heavy atom. The SMILES string of the molecule is CCCS(=O)(=O)N1CCCC1C(=O)Nc1nc(-c2ccc(F)c(F)c2)cs1. The molecule has 1 aliphatic rings. The second-order valence-corrected chi connectivity index (χ2v) is 9.14. The van der Waals surface area contributed by atoms with Gasteiger partial charge in [-0.15, -0.1) is 11.3 Å². The van der Waals surface area contributed by atoms with Crippen LogP contribution in [0.1, 0.15) is 26.2 Å². The standard InChI is InChI=1S/C17H19F2N3O3S2/c1-2-8-27(24,25)22-7-3-4-15(22)16(23)21-17-20-14(10-26-17)11-5-6-12(18)13(19)9-11/h5-6,9-10,15H,2-4,7-8H2,1H3,(H,20,21,23). The van der Waals surface area contributed by atoms with E-state index in [9.17, 15) is 22.0 Å². The van der Waals surface area contributed by atoms with Gasteiger partial charge >= 0.3 is 0 Å². The molecule has 6 nitrogen and oxygen atoms in total. The average molecular weight is 415 g/mol. The Kier molecular flexibility index (Phi) is 5.87. The van der Waals surface area contributed by atoms with E-state index in [2.05, 4.69) is 10.3 Å². The number of benzene rings is 1. The number of nitrogens with one attached hydrogen (secondary N) is 1. The molecule has 1 unspecified atom stereocenters. The van der Waals surface area contributed by atoms with Crippen LogP contribution in [0.2, 0.25) is 0 Å². The lowest BCUT2D eigenvalue weighted by Crippen LogP contribution is -2.44. The zero-order valence-electron chi connectivity index (χ0n) is 14.6. The quantitative estimate of drug-likeness (QED) is 0.786. The normalized spacial score (nSPS) is 18.0. The minimum atomic E-state index is -3.46. The molecule has 146 valence electrons. The third kappa shape index (κ3) is 4.33. The number of aromatic nitrogens is 1. The summed E-state index contributed by atoms with van der Waals surface area (Å²) < 4.78 is 52.3. The van der Waals surface area contributed by atoms with E-state index >= 15 is 0 Å². The molecule has 2 heterocycles. The van der Waals surface area contributed by atoms with Crippen LogP contribution in [0.25, 0.3) is 11.3 Å². The van der Waals surface area contributed by atoms with Crippen LogP contribution in [-0.4, -0.2) is 42.0 Å². The number of anilines is 1. The minimum absolute atomic E-state index is 0.00825. The summed E-state index contributed by atoms with van der Waals surface area (Å²) in [6.07, 6.45) is 1.56.